The van der Waals surface area contributed by atoms with Gasteiger partial charge in [0.2, 0.25) is 0 Å². The lowest BCUT2D eigenvalue weighted by Crippen LogP contribution is -2.29. The first-order valence-corrected chi connectivity index (χ1v) is 4.63. The molecule has 3 N–H and O–H groups in total. The van der Waals surface area contributed by atoms with E-state index in [1.807, 2.05) is 12.1 Å². The Labute approximate surface area is 91.3 Å². The van der Waals surface area contributed by atoms with E-state index in [9.17, 15) is 9.59 Å². The average molecular weight is 215 g/mol. The van der Waals surface area contributed by atoms with Crippen LogP contribution in [0, 0.1) is 0 Å². The Morgan fingerprint density at radius 2 is 1.94 bits per heavy atom. The number of fused-ring (bicyclic) bond motifs is 1. The molecule has 80 valence electrons. The van der Waals surface area contributed by atoms with Gasteiger partial charge in [-0.25, -0.2) is 0 Å². The van der Waals surface area contributed by atoms with Crippen LogP contribution in [-0.4, -0.2) is 16.8 Å². The zero-order valence-corrected chi connectivity index (χ0v) is 8.31. The number of aromatic nitrogens is 1. The number of pyridine rings is 1. The number of carbonyl (C=O) groups excluding carboxylic acids is 2. The number of anilines is 1. The van der Waals surface area contributed by atoms with Gasteiger partial charge in [-0.3, -0.25) is 14.6 Å². The van der Waals surface area contributed by atoms with Crippen molar-refractivity contribution in [3.8, 4) is 0 Å². The molecule has 2 amide bonds. The molecule has 0 aliphatic heterocycles. The smallest absolute Gasteiger partial charge is 0.313 e. The molecule has 5 heteroatoms. The van der Waals surface area contributed by atoms with E-state index in [0.29, 0.717) is 11.2 Å². The Morgan fingerprint density at radius 1 is 1.19 bits per heavy atom. The number of nitrogens with two attached hydrogens (primary N) is 1. The molecule has 0 atom stereocenters. The summed E-state index contributed by atoms with van der Waals surface area (Å²) in [5, 5.41) is 3.29. The van der Waals surface area contributed by atoms with Crippen LogP contribution in [0.5, 0.6) is 0 Å². The lowest BCUT2D eigenvalue weighted by atomic mass is 10.2. The van der Waals surface area contributed by atoms with Crippen molar-refractivity contribution in [1.29, 1.82) is 0 Å². The topological polar surface area (TPSA) is 85.1 Å². The number of amides is 2. The normalized spacial score (nSPS) is 10.0. The SMILES string of the molecule is NC(=O)C(=O)Nc1cccc2cccnc12. The van der Waals surface area contributed by atoms with Gasteiger partial charge in [0.05, 0.1) is 11.2 Å². The Hall–Kier alpha value is -2.43. The molecule has 1 heterocycles. The molecule has 0 saturated heterocycles. The number of nitrogens with zero attached hydrogens (tertiary/aromatic N) is 1. The van der Waals surface area contributed by atoms with Gasteiger partial charge in [0.1, 0.15) is 0 Å². The molecule has 0 spiro atoms. The lowest BCUT2D eigenvalue weighted by molar-refractivity contribution is -0.134. The van der Waals surface area contributed by atoms with Gasteiger partial charge in [-0.1, -0.05) is 18.2 Å². The molecule has 0 aliphatic rings. The van der Waals surface area contributed by atoms with Gasteiger partial charge in [0, 0.05) is 11.6 Å². The fourth-order valence-electron chi connectivity index (χ4n) is 1.39. The number of nitrogens with one attached hydrogen (secondary N) is 1. The Balaban J connectivity index is 2.45. The molecular formula is C11H9N3O2. The van der Waals surface area contributed by atoms with Crippen molar-refractivity contribution in [3.05, 3.63) is 36.5 Å². The second kappa shape index (κ2) is 3.98. The van der Waals surface area contributed by atoms with Crippen molar-refractivity contribution in [3.63, 3.8) is 0 Å². The minimum absolute atomic E-state index is 0.474. The molecule has 0 bridgehead atoms. The minimum atomic E-state index is -1.02. The third-order valence-electron chi connectivity index (χ3n) is 2.10. The highest BCUT2D eigenvalue weighted by Crippen LogP contribution is 2.20. The molecule has 16 heavy (non-hydrogen) atoms. The maximum absolute atomic E-state index is 11.1. The Bertz CT molecular complexity index is 561. The molecular weight excluding hydrogens is 206 g/mol. The monoisotopic (exact) mass is 215 g/mol. The van der Waals surface area contributed by atoms with Crippen molar-refractivity contribution in [2.75, 3.05) is 5.32 Å². The molecule has 2 rings (SSSR count). The molecule has 2 aromatic rings. The summed E-state index contributed by atoms with van der Waals surface area (Å²) in [6.45, 7) is 0. The predicted molar refractivity (Wildman–Crippen MR) is 59.6 cm³/mol. The van der Waals surface area contributed by atoms with E-state index in [1.54, 1.807) is 24.4 Å². The fourth-order valence-corrected chi connectivity index (χ4v) is 1.39. The van der Waals surface area contributed by atoms with Gasteiger partial charge in [0.15, 0.2) is 0 Å². The number of benzene rings is 1. The number of para-hydroxylation sites is 1. The molecule has 1 aromatic heterocycles. The molecule has 0 radical (unpaired) electrons. The first kappa shape index (κ1) is 10.1. The third-order valence-corrected chi connectivity index (χ3v) is 2.10. The molecule has 0 unspecified atom stereocenters. The number of hydrogen-bond donors (Lipinski definition) is 2. The van der Waals surface area contributed by atoms with Crippen molar-refractivity contribution in [2.45, 2.75) is 0 Å². The summed E-state index contributed by atoms with van der Waals surface area (Å²) in [6.07, 6.45) is 1.61. The van der Waals surface area contributed by atoms with Crippen molar-refractivity contribution in [2.24, 2.45) is 5.73 Å². The summed E-state index contributed by atoms with van der Waals surface area (Å²) in [5.74, 6) is -1.87. The largest absolute Gasteiger partial charge is 0.361 e. The zero-order chi connectivity index (χ0) is 11.5. The first-order valence-electron chi connectivity index (χ1n) is 4.63. The van der Waals surface area contributed by atoms with E-state index in [0.717, 1.165) is 5.39 Å². The van der Waals surface area contributed by atoms with Crippen LogP contribution >= 0.6 is 0 Å². The number of hydrogen-bond acceptors (Lipinski definition) is 3. The molecule has 0 fully saturated rings. The van der Waals surface area contributed by atoms with Crippen LogP contribution in [0.25, 0.3) is 10.9 Å². The molecule has 5 nitrogen and oxygen atoms in total. The summed E-state index contributed by atoms with van der Waals surface area (Å²) in [6, 6.07) is 8.95. The summed E-state index contributed by atoms with van der Waals surface area (Å²) < 4.78 is 0. The molecule has 0 aliphatic carbocycles. The van der Waals surface area contributed by atoms with Gasteiger partial charge in [-0.15, -0.1) is 0 Å². The third kappa shape index (κ3) is 1.83. The van der Waals surface area contributed by atoms with Crippen molar-refractivity contribution >= 4 is 28.4 Å². The maximum atomic E-state index is 11.1. The highest BCUT2D eigenvalue weighted by Gasteiger charge is 2.10. The van der Waals surface area contributed by atoms with Crippen LogP contribution in [0.1, 0.15) is 0 Å². The average Bonchev–Trinajstić information content (AvgIpc) is 2.29. The number of rotatable bonds is 1. The zero-order valence-electron chi connectivity index (χ0n) is 8.31. The van der Waals surface area contributed by atoms with Gasteiger partial charge >= 0.3 is 11.8 Å². The quantitative estimate of drug-likeness (QED) is 0.685. The highest BCUT2D eigenvalue weighted by molar-refractivity contribution is 6.39. The van der Waals surface area contributed by atoms with E-state index in [-0.39, 0.29) is 0 Å². The van der Waals surface area contributed by atoms with Crippen LogP contribution in [0.2, 0.25) is 0 Å². The number of primary amides is 1. The first-order chi connectivity index (χ1) is 7.68. The Morgan fingerprint density at radius 3 is 2.69 bits per heavy atom. The summed E-state index contributed by atoms with van der Waals surface area (Å²) in [4.78, 5) is 25.9. The summed E-state index contributed by atoms with van der Waals surface area (Å²) in [7, 11) is 0. The van der Waals surface area contributed by atoms with E-state index in [1.165, 1.54) is 0 Å². The van der Waals surface area contributed by atoms with E-state index in [2.05, 4.69) is 10.3 Å². The summed E-state index contributed by atoms with van der Waals surface area (Å²) >= 11 is 0. The van der Waals surface area contributed by atoms with Gasteiger partial charge < -0.3 is 11.1 Å². The molecule has 1 aromatic carbocycles. The number of carbonyl (C=O) groups is 2. The van der Waals surface area contributed by atoms with Crippen LogP contribution < -0.4 is 11.1 Å². The van der Waals surface area contributed by atoms with Gasteiger partial charge in [-0.05, 0) is 12.1 Å². The van der Waals surface area contributed by atoms with Gasteiger partial charge in [0.25, 0.3) is 0 Å². The highest BCUT2D eigenvalue weighted by atomic mass is 16.2. The predicted octanol–water partition coefficient (Wildman–Crippen LogP) is 0.659. The van der Waals surface area contributed by atoms with Crippen LogP contribution in [0.4, 0.5) is 5.69 Å². The van der Waals surface area contributed by atoms with Crippen molar-refractivity contribution < 1.29 is 9.59 Å². The van der Waals surface area contributed by atoms with E-state index < -0.39 is 11.8 Å². The maximum Gasteiger partial charge on any atom is 0.313 e. The van der Waals surface area contributed by atoms with Crippen LogP contribution in [0.15, 0.2) is 36.5 Å². The van der Waals surface area contributed by atoms with E-state index in [4.69, 9.17) is 5.73 Å². The van der Waals surface area contributed by atoms with Crippen molar-refractivity contribution in [1.82, 2.24) is 4.98 Å². The van der Waals surface area contributed by atoms with Gasteiger partial charge in [-0.2, -0.15) is 0 Å². The second-order valence-electron chi connectivity index (χ2n) is 3.20. The van der Waals surface area contributed by atoms with Crippen LogP contribution in [-0.2, 0) is 9.59 Å². The lowest BCUT2D eigenvalue weighted by Gasteiger charge is -2.05. The minimum Gasteiger partial charge on any atom is -0.361 e. The van der Waals surface area contributed by atoms with E-state index >= 15 is 0 Å². The standard InChI is InChI=1S/C11H9N3O2/c12-10(15)11(16)14-8-5-1-3-7-4-2-6-13-9(7)8/h1-6H,(H2,12,15)(H,14,16). The summed E-state index contributed by atoms with van der Waals surface area (Å²) in [5.41, 5.74) is 5.96. The van der Waals surface area contributed by atoms with Crippen LogP contribution in [0.3, 0.4) is 0 Å². The molecule has 0 saturated carbocycles. The fraction of sp³-hybridized carbons (Fsp3) is 0. The second-order valence-corrected chi connectivity index (χ2v) is 3.20. The Kier molecular flexibility index (Phi) is 2.51.